The minimum Gasteiger partial charge on any atom is -0.495 e. The molecule has 168 valence electrons. The normalized spacial score (nSPS) is 13.5. The van der Waals surface area contributed by atoms with E-state index in [1.54, 1.807) is 31.6 Å². The van der Waals surface area contributed by atoms with E-state index in [0.29, 0.717) is 17.7 Å². The van der Waals surface area contributed by atoms with Crippen LogP contribution < -0.4 is 10.1 Å². The summed E-state index contributed by atoms with van der Waals surface area (Å²) in [6, 6.07) is 11.4. The van der Waals surface area contributed by atoms with E-state index in [0.717, 1.165) is 22.5 Å². The van der Waals surface area contributed by atoms with Crippen molar-refractivity contribution in [2.24, 2.45) is 0 Å². The first kappa shape index (κ1) is 23.5. The van der Waals surface area contributed by atoms with Gasteiger partial charge in [0.1, 0.15) is 11.6 Å². The Morgan fingerprint density at radius 2 is 2.00 bits per heavy atom. The van der Waals surface area contributed by atoms with Gasteiger partial charge in [0, 0.05) is 11.8 Å². The first-order chi connectivity index (χ1) is 15.3. The van der Waals surface area contributed by atoms with Crippen molar-refractivity contribution in [3.63, 3.8) is 0 Å². The minimum absolute atomic E-state index is 0.267. The third-order valence-corrected chi connectivity index (χ3v) is 5.74. The summed E-state index contributed by atoms with van der Waals surface area (Å²) < 4.78 is 20.7. The van der Waals surface area contributed by atoms with E-state index in [4.69, 9.17) is 16.3 Å². The average molecular weight is 456 g/mol. The second-order valence-electron chi connectivity index (χ2n) is 7.58. The molecule has 0 aliphatic carbocycles. The summed E-state index contributed by atoms with van der Waals surface area (Å²) in [6.45, 7) is 5.69. The van der Waals surface area contributed by atoms with Gasteiger partial charge >= 0.3 is 0 Å². The molecule has 7 heteroatoms. The quantitative estimate of drug-likeness (QED) is 0.355. The van der Waals surface area contributed by atoms with Gasteiger partial charge in [0.15, 0.2) is 0 Å². The predicted octanol–water partition coefficient (Wildman–Crippen LogP) is 5.61. The van der Waals surface area contributed by atoms with Crippen molar-refractivity contribution < 1.29 is 13.9 Å². The van der Waals surface area contributed by atoms with Crippen LogP contribution >= 0.6 is 11.6 Å². The number of halogens is 2. The van der Waals surface area contributed by atoms with Gasteiger partial charge in [-0.2, -0.15) is 0 Å². The maximum Gasteiger partial charge on any atom is 0.249 e. The van der Waals surface area contributed by atoms with E-state index in [2.05, 4.69) is 10.3 Å². The van der Waals surface area contributed by atoms with Crippen molar-refractivity contribution in [1.82, 2.24) is 14.9 Å². The molecule has 1 amide bonds. The minimum atomic E-state index is -0.461. The van der Waals surface area contributed by atoms with Gasteiger partial charge in [-0.1, -0.05) is 25.1 Å². The highest BCUT2D eigenvalue weighted by molar-refractivity contribution is 6.26. The Hall–Kier alpha value is -3.12. The summed E-state index contributed by atoms with van der Waals surface area (Å²) in [5.41, 5.74) is 3.80. The zero-order valence-electron chi connectivity index (χ0n) is 18.6. The molecule has 2 atom stereocenters. The lowest BCUT2D eigenvalue weighted by Crippen LogP contribution is -2.30. The van der Waals surface area contributed by atoms with Crippen LogP contribution in [-0.4, -0.2) is 27.9 Å². The third kappa shape index (κ3) is 5.56. The van der Waals surface area contributed by atoms with Crippen molar-refractivity contribution in [1.29, 1.82) is 0 Å². The van der Waals surface area contributed by atoms with Crippen LogP contribution in [0.25, 0.3) is 11.8 Å². The molecule has 1 aromatic heterocycles. The summed E-state index contributed by atoms with van der Waals surface area (Å²) >= 11 is 6.51. The van der Waals surface area contributed by atoms with Crippen molar-refractivity contribution in [3.05, 3.63) is 83.2 Å². The molecular weight excluding hydrogens is 429 g/mol. The van der Waals surface area contributed by atoms with Gasteiger partial charge < -0.3 is 14.6 Å². The van der Waals surface area contributed by atoms with Crippen LogP contribution in [0.1, 0.15) is 43.1 Å². The van der Waals surface area contributed by atoms with Gasteiger partial charge in [-0.25, -0.2) is 9.37 Å². The van der Waals surface area contributed by atoms with Gasteiger partial charge in [-0.05, 0) is 61.7 Å². The van der Waals surface area contributed by atoms with E-state index in [9.17, 15) is 9.18 Å². The molecule has 0 radical (unpaired) electrons. The summed E-state index contributed by atoms with van der Waals surface area (Å²) in [6.07, 6.45) is 6.01. The number of aromatic nitrogens is 2. The van der Waals surface area contributed by atoms with Crippen molar-refractivity contribution in [2.45, 2.75) is 38.6 Å². The molecule has 2 aromatic carbocycles. The number of carbonyl (C=O) groups excluding carboxylic acids is 1. The fourth-order valence-electron chi connectivity index (χ4n) is 3.36. The zero-order chi connectivity index (χ0) is 23.3. The van der Waals surface area contributed by atoms with Crippen LogP contribution in [0.15, 0.2) is 60.6 Å². The fraction of sp³-hybridized carbons (Fsp3) is 0.280. The molecule has 0 fully saturated rings. The molecular formula is C25H27ClFN3O2. The lowest BCUT2D eigenvalue weighted by atomic mass is 10.0. The lowest BCUT2D eigenvalue weighted by molar-refractivity contribution is -0.118. The smallest absolute Gasteiger partial charge is 0.249 e. The molecule has 0 aliphatic rings. The first-order valence-electron chi connectivity index (χ1n) is 10.4. The van der Waals surface area contributed by atoms with Crippen molar-refractivity contribution in [3.8, 4) is 11.4 Å². The molecule has 5 nitrogen and oxygen atoms in total. The SMILES string of the molecule is CCC(Cl)C(=Cc1ccc(-n2cnc(C)c2)c(OC)c1)C(=O)N[C@@H](C)c1ccc(F)cc1. The summed E-state index contributed by atoms with van der Waals surface area (Å²) in [4.78, 5) is 17.3. The van der Waals surface area contributed by atoms with E-state index >= 15 is 0 Å². The number of alkyl halides is 1. The number of benzene rings is 2. The van der Waals surface area contributed by atoms with Gasteiger partial charge in [0.2, 0.25) is 5.91 Å². The first-order valence-corrected chi connectivity index (χ1v) is 10.9. The number of amides is 1. The second kappa shape index (κ2) is 10.5. The molecule has 0 saturated heterocycles. The Morgan fingerprint density at radius 3 is 2.59 bits per heavy atom. The second-order valence-corrected chi connectivity index (χ2v) is 8.10. The van der Waals surface area contributed by atoms with Gasteiger partial charge in [-0.3, -0.25) is 4.79 Å². The summed E-state index contributed by atoms with van der Waals surface area (Å²) in [5.74, 6) is 0.0677. The van der Waals surface area contributed by atoms with Crippen LogP contribution in [0.2, 0.25) is 0 Å². The third-order valence-electron chi connectivity index (χ3n) is 5.19. The molecule has 0 bridgehead atoms. The Kier molecular flexibility index (Phi) is 7.70. The molecule has 3 aromatic rings. The zero-order valence-corrected chi connectivity index (χ0v) is 19.4. The van der Waals surface area contributed by atoms with Gasteiger partial charge in [-0.15, -0.1) is 11.6 Å². The number of methoxy groups -OCH3 is 1. The highest BCUT2D eigenvalue weighted by Gasteiger charge is 2.20. The Morgan fingerprint density at radius 1 is 1.28 bits per heavy atom. The monoisotopic (exact) mass is 455 g/mol. The molecule has 1 heterocycles. The maximum absolute atomic E-state index is 13.2. The van der Waals surface area contributed by atoms with Crippen molar-refractivity contribution >= 4 is 23.6 Å². The number of nitrogens with zero attached hydrogens (tertiary/aromatic N) is 2. The average Bonchev–Trinajstić information content (AvgIpc) is 3.23. The summed E-state index contributed by atoms with van der Waals surface area (Å²) in [7, 11) is 1.60. The van der Waals surface area contributed by atoms with Gasteiger partial charge in [0.05, 0.1) is 36.2 Å². The van der Waals surface area contributed by atoms with Crippen LogP contribution in [0.4, 0.5) is 4.39 Å². The largest absolute Gasteiger partial charge is 0.495 e. The van der Waals surface area contributed by atoms with Gasteiger partial charge in [0.25, 0.3) is 0 Å². The number of hydrogen-bond acceptors (Lipinski definition) is 3. The number of imidazole rings is 1. The lowest BCUT2D eigenvalue weighted by Gasteiger charge is -2.18. The van der Waals surface area contributed by atoms with E-state index in [1.165, 1.54) is 12.1 Å². The standard InChI is InChI=1S/C25H27ClFN3O2/c1-5-22(26)21(25(31)29-17(3)19-7-9-20(27)10-8-19)12-18-6-11-23(24(13-18)32-4)30-14-16(2)28-15-30/h6-15,17,22H,5H2,1-4H3,(H,29,31)/t17-,22?/m0/s1. The Bertz CT molecular complexity index is 1110. The highest BCUT2D eigenvalue weighted by Crippen LogP contribution is 2.27. The van der Waals surface area contributed by atoms with Crippen LogP contribution in [0.3, 0.4) is 0 Å². The predicted molar refractivity (Wildman–Crippen MR) is 126 cm³/mol. The van der Waals surface area contributed by atoms with Crippen LogP contribution in [-0.2, 0) is 4.79 Å². The fourth-order valence-corrected chi connectivity index (χ4v) is 3.52. The van der Waals surface area contributed by atoms with Crippen LogP contribution in [0, 0.1) is 12.7 Å². The van der Waals surface area contributed by atoms with E-state index < -0.39 is 5.38 Å². The number of hydrogen-bond donors (Lipinski definition) is 1. The highest BCUT2D eigenvalue weighted by atomic mass is 35.5. The van der Waals surface area contributed by atoms with E-state index in [-0.39, 0.29) is 17.8 Å². The molecule has 0 spiro atoms. The molecule has 1 N–H and O–H groups in total. The van der Waals surface area contributed by atoms with E-state index in [1.807, 2.05) is 49.7 Å². The molecule has 0 saturated carbocycles. The maximum atomic E-state index is 13.2. The Labute approximate surface area is 192 Å². The molecule has 32 heavy (non-hydrogen) atoms. The van der Waals surface area contributed by atoms with Crippen LogP contribution in [0.5, 0.6) is 5.75 Å². The van der Waals surface area contributed by atoms with Crippen molar-refractivity contribution in [2.75, 3.05) is 7.11 Å². The number of aryl methyl sites for hydroxylation is 1. The number of rotatable bonds is 8. The number of ether oxygens (including phenoxy) is 1. The summed E-state index contributed by atoms with van der Waals surface area (Å²) in [5, 5.41) is 2.50. The molecule has 3 rings (SSSR count). The molecule has 0 aliphatic heterocycles. The Balaban J connectivity index is 1.88. The number of carbonyl (C=O) groups is 1. The number of nitrogens with one attached hydrogen (secondary N) is 1. The topological polar surface area (TPSA) is 56.2 Å². The molecule has 1 unspecified atom stereocenters.